The maximum absolute atomic E-state index is 15.1. The fourth-order valence-corrected chi connectivity index (χ4v) is 5.33. The maximum atomic E-state index is 15.1. The summed E-state index contributed by atoms with van der Waals surface area (Å²) in [5, 5.41) is 11.8. The summed E-state index contributed by atoms with van der Waals surface area (Å²) >= 11 is 0. The van der Waals surface area contributed by atoms with Gasteiger partial charge in [-0.1, -0.05) is 38.0 Å². The molecule has 4 aromatic rings. The first-order chi connectivity index (χ1) is 20.0. The number of hydrogen-bond donors (Lipinski definition) is 2. The van der Waals surface area contributed by atoms with Crippen molar-refractivity contribution in [2.75, 3.05) is 5.32 Å². The Morgan fingerprint density at radius 3 is 2.55 bits per heavy atom. The Morgan fingerprint density at radius 1 is 1.12 bits per heavy atom. The molecule has 2 aromatic heterocycles. The zero-order chi connectivity index (χ0) is 30.1. The first-order valence-corrected chi connectivity index (χ1v) is 13.7. The standard InChI is InChI=1S/C32H29F4N5O/c1-2-28-25(32(34,35)36)17-29(41(28)24-7-3-5-21(15-24)18-37)30(42)40-27-16-22(10-11-26(27)33)31(38,13-12-20-8-9-20)23-6-4-14-39-19-23/h3-7,10-11,14-17,19-20H,2,8-9,12-13,38H2,1H3,(H,40,42). The molecule has 3 N–H and O–H groups in total. The number of alkyl halides is 3. The van der Waals surface area contributed by atoms with Gasteiger partial charge in [-0.25, -0.2) is 4.39 Å². The molecule has 2 heterocycles. The Labute approximate surface area is 240 Å². The molecule has 1 unspecified atom stereocenters. The number of halogens is 4. The largest absolute Gasteiger partial charge is 0.418 e. The van der Waals surface area contributed by atoms with Gasteiger partial charge >= 0.3 is 6.18 Å². The van der Waals surface area contributed by atoms with Gasteiger partial charge in [0, 0.05) is 23.8 Å². The third kappa shape index (κ3) is 5.78. The number of aromatic nitrogens is 2. The van der Waals surface area contributed by atoms with Crippen LogP contribution in [0.25, 0.3) is 5.69 Å². The van der Waals surface area contributed by atoms with E-state index in [2.05, 4.69) is 10.3 Å². The maximum Gasteiger partial charge on any atom is 0.418 e. The van der Waals surface area contributed by atoms with Crippen molar-refractivity contribution in [2.24, 2.45) is 11.7 Å². The van der Waals surface area contributed by atoms with E-state index in [1.165, 1.54) is 41.0 Å². The highest BCUT2D eigenvalue weighted by Gasteiger charge is 2.38. The Hall–Kier alpha value is -4.49. The van der Waals surface area contributed by atoms with Crippen LogP contribution in [0.5, 0.6) is 0 Å². The van der Waals surface area contributed by atoms with Crippen molar-refractivity contribution in [3.05, 3.63) is 113 Å². The average molecular weight is 576 g/mol. The number of nitrogens with two attached hydrogens (primary N) is 1. The summed E-state index contributed by atoms with van der Waals surface area (Å²) in [6, 6.07) is 16.4. The third-order valence-electron chi connectivity index (χ3n) is 7.76. The van der Waals surface area contributed by atoms with Crippen molar-refractivity contribution in [3.8, 4) is 11.8 Å². The van der Waals surface area contributed by atoms with Crippen molar-refractivity contribution in [2.45, 2.75) is 50.7 Å². The number of hydrogen-bond acceptors (Lipinski definition) is 4. The van der Waals surface area contributed by atoms with E-state index in [0.717, 1.165) is 30.9 Å². The van der Waals surface area contributed by atoms with Gasteiger partial charge in [-0.3, -0.25) is 9.78 Å². The molecule has 1 amide bonds. The SMILES string of the molecule is CCc1c(C(F)(F)F)cc(C(=O)Nc2cc(C(N)(CCC3CC3)c3cccnc3)ccc2F)n1-c1cccc(C#N)c1. The molecule has 0 bridgehead atoms. The van der Waals surface area contributed by atoms with Crippen LogP contribution < -0.4 is 11.1 Å². The number of benzene rings is 2. The molecule has 1 atom stereocenters. The molecule has 42 heavy (non-hydrogen) atoms. The van der Waals surface area contributed by atoms with E-state index < -0.39 is 29.0 Å². The summed E-state index contributed by atoms with van der Waals surface area (Å²) < 4.78 is 58.4. The van der Waals surface area contributed by atoms with Crippen molar-refractivity contribution in [3.63, 3.8) is 0 Å². The number of nitrogens with zero attached hydrogens (tertiary/aromatic N) is 3. The van der Waals surface area contributed by atoms with Crippen LogP contribution in [0.4, 0.5) is 23.2 Å². The number of carbonyl (C=O) groups excluding carboxylic acids is 1. The number of pyridine rings is 1. The van der Waals surface area contributed by atoms with Crippen LogP contribution in [0.3, 0.4) is 0 Å². The van der Waals surface area contributed by atoms with Crippen LogP contribution in [0.2, 0.25) is 0 Å². The quantitative estimate of drug-likeness (QED) is 0.208. The van der Waals surface area contributed by atoms with Gasteiger partial charge in [-0.2, -0.15) is 18.4 Å². The molecule has 0 radical (unpaired) electrons. The summed E-state index contributed by atoms with van der Waals surface area (Å²) in [4.78, 5) is 17.8. The minimum atomic E-state index is -4.74. The highest BCUT2D eigenvalue weighted by atomic mass is 19.4. The lowest BCUT2D eigenvalue weighted by molar-refractivity contribution is -0.138. The van der Waals surface area contributed by atoms with E-state index in [1.54, 1.807) is 31.5 Å². The van der Waals surface area contributed by atoms with E-state index in [0.29, 0.717) is 17.9 Å². The summed E-state index contributed by atoms with van der Waals surface area (Å²) in [5.41, 5.74) is 5.91. The first-order valence-electron chi connectivity index (χ1n) is 13.7. The predicted octanol–water partition coefficient (Wildman–Crippen LogP) is 7.11. The van der Waals surface area contributed by atoms with Crippen LogP contribution in [0.1, 0.15) is 71.0 Å². The van der Waals surface area contributed by atoms with Crippen molar-refractivity contribution < 1.29 is 22.4 Å². The minimum Gasteiger partial charge on any atom is -0.318 e. The fourth-order valence-electron chi connectivity index (χ4n) is 5.33. The van der Waals surface area contributed by atoms with Crippen molar-refractivity contribution in [1.82, 2.24) is 9.55 Å². The monoisotopic (exact) mass is 575 g/mol. The van der Waals surface area contributed by atoms with Gasteiger partial charge in [0.1, 0.15) is 11.5 Å². The molecular formula is C32H29F4N5O. The summed E-state index contributed by atoms with van der Waals surface area (Å²) in [6.45, 7) is 1.54. The second kappa shape index (κ2) is 11.4. The van der Waals surface area contributed by atoms with E-state index in [9.17, 15) is 23.2 Å². The lowest BCUT2D eigenvalue weighted by Gasteiger charge is -2.31. The van der Waals surface area contributed by atoms with Gasteiger partial charge in [-0.05, 0) is 78.8 Å². The number of amides is 1. The molecule has 216 valence electrons. The van der Waals surface area contributed by atoms with Gasteiger partial charge in [0.15, 0.2) is 0 Å². The molecule has 10 heteroatoms. The Bertz CT molecular complexity index is 1650. The van der Waals surface area contributed by atoms with Crippen molar-refractivity contribution >= 4 is 11.6 Å². The van der Waals surface area contributed by atoms with E-state index in [4.69, 9.17) is 5.73 Å². The summed E-state index contributed by atoms with van der Waals surface area (Å²) in [6.07, 6.45) is 2.17. The predicted molar refractivity (Wildman–Crippen MR) is 150 cm³/mol. The molecule has 0 spiro atoms. The Kier molecular flexibility index (Phi) is 7.89. The summed E-state index contributed by atoms with van der Waals surface area (Å²) in [7, 11) is 0. The number of anilines is 1. The van der Waals surface area contributed by atoms with E-state index in [-0.39, 0.29) is 34.7 Å². The van der Waals surface area contributed by atoms with Gasteiger partial charge in [-0.15, -0.1) is 0 Å². The topological polar surface area (TPSA) is 96.7 Å². The second-order valence-corrected chi connectivity index (χ2v) is 10.6. The molecule has 6 nitrogen and oxygen atoms in total. The number of nitriles is 1. The van der Waals surface area contributed by atoms with Crippen LogP contribution in [-0.4, -0.2) is 15.5 Å². The van der Waals surface area contributed by atoms with Crippen LogP contribution in [-0.2, 0) is 18.1 Å². The van der Waals surface area contributed by atoms with Gasteiger partial charge in [0.05, 0.1) is 28.4 Å². The smallest absolute Gasteiger partial charge is 0.318 e. The molecule has 5 rings (SSSR count). The number of nitrogens with one attached hydrogen (secondary N) is 1. The van der Waals surface area contributed by atoms with Gasteiger partial charge < -0.3 is 15.6 Å². The van der Waals surface area contributed by atoms with Crippen LogP contribution >= 0.6 is 0 Å². The number of rotatable bonds is 9. The highest BCUT2D eigenvalue weighted by Crippen LogP contribution is 2.41. The third-order valence-corrected chi connectivity index (χ3v) is 7.76. The minimum absolute atomic E-state index is 0.0510. The zero-order valence-corrected chi connectivity index (χ0v) is 22.9. The molecule has 0 saturated heterocycles. The number of carbonyl (C=O) groups is 1. The fraction of sp³-hybridized carbons (Fsp3) is 0.281. The zero-order valence-electron chi connectivity index (χ0n) is 22.9. The molecular weight excluding hydrogens is 546 g/mol. The van der Waals surface area contributed by atoms with Crippen LogP contribution in [0.15, 0.2) is 73.1 Å². The molecule has 2 aromatic carbocycles. The lowest BCUT2D eigenvalue weighted by atomic mass is 9.80. The molecule has 1 aliphatic rings. The van der Waals surface area contributed by atoms with Gasteiger partial charge in [0.25, 0.3) is 5.91 Å². The molecule has 1 aliphatic carbocycles. The van der Waals surface area contributed by atoms with E-state index in [1.807, 2.05) is 12.1 Å². The summed E-state index contributed by atoms with van der Waals surface area (Å²) in [5.74, 6) is -1.13. The second-order valence-electron chi connectivity index (χ2n) is 10.6. The normalized spacial score (nSPS) is 14.7. The molecule has 1 saturated carbocycles. The van der Waals surface area contributed by atoms with Crippen LogP contribution in [0, 0.1) is 23.1 Å². The molecule has 0 aliphatic heterocycles. The average Bonchev–Trinajstić information content (AvgIpc) is 3.73. The highest BCUT2D eigenvalue weighted by molar-refractivity contribution is 6.04. The Morgan fingerprint density at radius 2 is 1.90 bits per heavy atom. The lowest BCUT2D eigenvalue weighted by Crippen LogP contribution is -2.38. The first kappa shape index (κ1) is 29.0. The Balaban J connectivity index is 1.57. The molecule has 1 fully saturated rings. The van der Waals surface area contributed by atoms with E-state index >= 15 is 4.39 Å². The van der Waals surface area contributed by atoms with Crippen molar-refractivity contribution in [1.29, 1.82) is 5.26 Å². The van der Waals surface area contributed by atoms with Gasteiger partial charge in [0.2, 0.25) is 0 Å².